The molecule has 2 heterocycles. The zero-order chi connectivity index (χ0) is 31.9. The number of likely N-dealkylation sites (tertiary alicyclic amines) is 2. The first kappa shape index (κ1) is 31.6. The summed E-state index contributed by atoms with van der Waals surface area (Å²) in [6.07, 6.45) is 2.82. The van der Waals surface area contributed by atoms with Crippen LogP contribution in [0.5, 0.6) is 0 Å². The van der Waals surface area contributed by atoms with Gasteiger partial charge in [-0.25, -0.2) is 14.4 Å². The van der Waals surface area contributed by atoms with Gasteiger partial charge in [0.1, 0.15) is 19.3 Å². The van der Waals surface area contributed by atoms with Crippen LogP contribution in [0.2, 0.25) is 0 Å². The second kappa shape index (κ2) is 14.8. The molecule has 2 amide bonds. The quantitative estimate of drug-likeness (QED) is 0.268. The molecule has 2 aliphatic heterocycles. The Labute approximate surface area is 270 Å². The minimum Gasteiger partial charge on any atom is -0.458 e. The number of esters is 1. The van der Waals surface area contributed by atoms with Crippen molar-refractivity contribution in [1.82, 2.24) is 9.80 Å². The third-order valence-corrected chi connectivity index (χ3v) is 9.80. The molecule has 4 fully saturated rings. The number of carbonyl (C=O) groups excluding carboxylic acids is 3. The molecule has 7 rings (SSSR count). The maximum Gasteiger partial charge on any atom is 0.410 e. The first-order chi connectivity index (χ1) is 22.4. The lowest BCUT2D eigenvalue weighted by Gasteiger charge is -2.21. The molecule has 0 spiro atoms. The van der Waals surface area contributed by atoms with Crippen molar-refractivity contribution in [2.75, 3.05) is 26.2 Å². The Balaban J connectivity index is 0.000000172. The molecule has 9 heteroatoms. The average molecular weight is 627 g/mol. The molecule has 4 aliphatic rings. The lowest BCUT2D eigenvalue weighted by atomic mass is 9.99. The first-order valence-corrected chi connectivity index (χ1v) is 16.3. The van der Waals surface area contributed by atoms with Crippen molar-refractivity contribution >= 4 is 18.2 Å². The molecule has 2 aliphatic carbocycles. The van der Waals surface area contributed by atoms with Crippen LogP contribution in [-0.4, -0.2) is 71.4 Å². The fourth-order valence-electron chi connectivity index (χ4n) is 7.30. The number of nitrogens with zero attached hydrogens (tertiary/aromatic N) is 2. The third-order valence-electron chi connectivity index (χ3n) is 9.80. The number of rotatable bonds is 6. The highest BCUT2D eigenvalue weighted by Gasteiger charge is 2.46. The van der Waals surface area contributed by atoms with Crippen molar-refractivity contribution in [2.24, 2.45) is 23.7 Å². The minimum absolute atomic E-state index is 0.130. The number of benzene rings is 3. The Morgan fingerprint density at radius 2 is 1.09 bits per heavy atom. The molecule has 3 aromatic carbocycles. The summed E-state index contributed by atoms with van der Waals surface area (Å²) in [5.41, 5.74) is 2.54. The average Bonchev–Trinajstić information content (AvgIpc) is 3.88. The Hall–Kier alpha value is -4.37. The Bertz CT molecular complexity index is 1450. The first-order valence-electron chi connectivity index (χ1n) is 16.3. The van der Waals surface area contributed by atoms with E-state index in [2.05, 4.69) is 0 Å². The predicted octanol–water partition coefficient (Wildman–Crippen LogP) is 5.92. The topological polar surface area (TPSA) is 106 Å². The summed E-state index contributed by atoms with van der Waals surface area (Å²) in [6.45, 7) is 3.23. The van der Waals surface area contributed by atoms with Crippen molar-refractivity contribution in [3.63, 3.8) is 0 Å². The van der Waals surface area contributed by atoms with E-state index in [0.717, 1.165) is 43.4 Å². The standard InChI is InChI=1S/C22H23NO4.C15H19NO3/c24-21(17-9-5-2-6-10-17)27-20-12-11-18-13-23(14-19(18)20)22(25)26-15-16-7-3-1-4-8-16;17-14-7-6-12-8-16(9-13(12)14)15(18)19-10-11-4-2-1-3-5-11/h1-10,18-20H,11-15H2;1-5,12-14,17H,6-10H2/t18-,19+,20+;12-,13+,14+/m00/s1. The molecule has 0 aromatic heterocycles. The molecule has 9 nitrogen and oxygen atoms in total. The van der Waals surface area contributed by atoms with E-state index < -0.39 is 0 Å². The smallest absolute Gasteiger partial charge is 0.410 e. The van der Waals surface area contributed by atoms with Crippen LogP contribution in [0.25, 0.3) is 0 Å². The Morgan fingerprint density at radius 3 is 1.63 bits per heavy atom. The van der Waals surface area contributed by atoms with E-state index in [1.54, 1.807) is 21.9 Å². The maximum atomic E-state index is 12.4. The molecule has 6 atom stereocenters. The lowest BCUT2D eigenvalue weighted by molar-refractivity contribution is 0.0193. The van der Waals surface area contributed by atoms with E-state index in [4.69, 9.17) is 14.2 Å². The summed E-state index contributed by atoms with van der Waals surface area (Å²) in [5, 5.41) is 9.83. The van der Waals surface area contributed by atoms with Gasteiger partial charge in [-0.2, -0.15) is 0 Å². The van der Waals surface area contributed by atoms with Crippen LogP contribution >= 0.6 is 0 Å². The van der Waals surface area contributed by atoms with Gasteiger partial charge >= 0.3 is 18.2 Å². The zero-order valence-electron chi connectivity index (χ0n) is 26.0. The highest BCUT2D eigenvalue weighted by atomic mass is 16.6. The maximum absolute atomic E-state index is 12.4. The van der Waals surface area contributed by atoms with Crippen LogP contribution in [0, 0.1) is 23.7 Å². The molecular weight excluding hydrogens is 584 g/mol. The number of amides is 2. The van der Waals surface area contributed by atoms with Gasteiger partial charge in [-0.05, 0) is 60.8 Å². The SMILES string of the molecule is O=C(OCc1ccccc1)N1C[C@@H]2CC[C@@H](O)[C@@H]2C1.O=C(O[C@@H]1CC[C@H]2CN(C(=O)OCc3ccccc3)C[C@H]21)c1ccccc1. The minimum atomic E-state index is -0.290. The summed E-state index contributed by atoms with van der Waals surface area (Å²) < 4.78 is 16.5. The number of ether oxygens (including phenoxy) is 3. The molecule has 0 bridgehead atoms. The van der Waals surface area contributed by atoms with E-state index in [1.807, 2.05) is 78.9 Å². The summed E-state index contributed by atoms with van der Waals surface area (Å²) in [4.78, 5) is 40.2. The molecule has 242 valence electrons. The predicted molar refractivity (Wildman–Crippen MR) is 170 cm³/mol. The van der Waals surface area contributed by atoms with Gasteiger partial charge < -0.3 is 29.1 Å². The van der Waals surface area contributed by atoms with Gasteiger partial charge in [0, 0.05) is 38.0 Å². The molecule has 2 saturated heterocycles. The van der Waals surface area contributed by atoms with Gasteiger partial charge in [-0.1, -0.05) is 78.9 Å². The molecule has 2 saturated carbocycles. The van der Waals surface area contributed by atoms with Gasteiger partial charge in [0.2, 0.25) is 0 Å². The highest BCUT2D eigenvalue weighted by molar-refractivity contribution is 5.89. The monoisotopic (exact) mass is 626 g/mol. The van der Waals surface area contributed by atoms with Gasteiger partial charge in [0.15, 0.2) is 0 Å². The van der Waals surface area contributed by atoms with Crippen LogP contribution in [0.15, 0.2) is 91.0 Å². The third kappa shape index (κ3) is 7.70. The van der Waals surface area contributed by atoms with E-state index in [0.29, 0.717) is 43.6 Å². The van der Waals surface area contributed by atoms with Crippen LogP contribution in [0.1, 0.15) is 47.2 Å². The number of aliphatic hydroxyl groups is 1. The summed E-state index contributed by atoms with van der Waals surface area (Å²) >= 11 is 0. The van der Waals surface area contributed by atoms with Gasteiger partial charge in [0.25, 0.3) is 0 Å². The zero-order valence-corrected chi connectivity index (χ0v) is 26.0. The highest BCUT2D eigenvalue weighted by Crippen LogP contribution is 2.40. The number of aliphatic hydroxyl groups excluding tert-OH is 1. The molecule has 0 radical (unpaired) electrons. The van der Waals surface area contributed by atoms with Gasteiger partial charge in [-0.15, -0.1) is 0 Å². The van der Waals surface area contributed by atoms with E-state index in [9.17, 15) is 19.5 Å². The summed E-state index contributed by atoms with van der Waals surface area (Å²) in [6, 6.07) is 28.4. The number of carbonyl (C=O) groups is 3. The van der Waals surface area contributed by atoms with Gasteiger partial charge in [0.05, 0.1) is 11.7 Å². The van der Waals surface area contributed by atoms with Crippen LogP contribution < -0.4 is 0 Å². The molecule has 0 unspecified atom stereocenters. The van der Waals surface area contributed by atoms with Crippen LogP contribution in [0.3, 0.4) is 0 Å². The number of fused-ring (bicyclic) bond motifs is 2. The molecule has 1 N–H and O–H groups in total. The van der Waals surface area contributed by atoms with Crippen LogP contribution in [-0.2, 0) is 27.4 Å². The van der Waals surface area contributed by atoms with E-state index in [1.165, 1.54) is 0 Å². The fourth-order valence-corrected chi connectivity index (χ4v) is 7.30. The Kier molecular flexibility index (Phi) is 10.2. The second-order valence-electron chi connectivity index (χ2n) is 12.8. The molecule has 3 aromatic rings. The summed E-state index contributed by atoms with van der Waals surface area (Å²) in [5.74, 6) is 1.000. The van der Waals surface area contributed by atoms with Crippen molar-refractivity contribution in [3.05, 3.63) is 108 Å². The fraction of sp³-hybridized carbons (Fsp3) is 0.432. The molecule has 46 heavy (non-hydrogen) atoms. The number of hydrogen-bond acceptors (Lipinski definition) is 7. The normalized spacial score (nSPS) is 26.0. The van der Waals surface area contributed by atoms with Crippen molar-refractivity contribution in [1.29, 1.82) is 0 Å². The largest absolute Gasteiger partial charge is 0.458 e. The van der Waals surface area contributed by atoms with E-state index >= 15 is 0 Å². The van der Waals surface area contributed by atoms with Crippen LogP contribution in [0.4, 0.5) is 9.59 Å². The Morgan fingerprint density at radius 1 is 0.609 bits per heavy atom. The summed E-state index contributed by atoms with van der Waals surface area (Å²) in [7, 11) is 0. The van der Waals surface area contributed by atoms with Crippen molar-refractivity contribution in [2.45, 2.75) is 51.1 Å². The second-order valence-corrected chi connectivity index (χ2v) is 12.8. The lowest BCUT2D eigenvalue weighted by Crippen LogP contribution is -2.32. The van der Waals surface area contributed by atoms with E-state index in [-0.39, 0.29) is 48.8 Å². The molecular formula is C37H42N2O7. The van der Waals surface area contributed by atoms with Crippen molar-refractivity contribution in [3.8, 4) is 0 Å². The van der Waals surface area contributed by atoms with Crippen molar-refractivity contribution < 1.29 is 33.7 Å². The number of hydrogen-bond donors (Lipinski definition) is 1. The van der Waals surface area contributed by atoms with Gasteiger partial charge in [-0.3, -0.25) is 0 Å².